The normalized spacial score (nSPS) is 14.6. The molecule has 4 nitrogen and oxygen atoms in total. The summed E-state index contributed by atoms with van der Waals surface area (Å²) in [6, 6.07) is 9.24. The average Bonchev–Trinajstić information content (AvgIpc) is 2.86. The molecule has 0 unspecified atom stereocenters. The van der Waals surface area contributed by atoms with Crippen LogP contribution in [0.25, 0.3) is 6.08 Å². The number of aryl methyl sites for hydroxylation is 1. The van der Waals surface area contributed by atoms with Gasteiger partial charge in [0.05, 0.1) is 11.5 Å². The van der Waals surface area contributed by atoms with Crippen LogP contribution in [0.3, 0.4) is 0 Å². The lowest BCUT2D eigenvalue weighted by Crippen LogP contribution is -2.14. The predicted octanol–water partition coefficient (Wildman–Crippen LogP) is 4.31. The molecule has 3 rings (SSSR count). The van der Waals surface area contributed by atoms with Crippen molar-refractivity contribution in [3.05, 3.63) is 64.7 Å². The van der Waals surface area contributed by atoms with E-state index in [4.69, 9.17) is 9.47 Å². The third-order valence-corrected chi connectivity index (χ3v) is 3.83. The molecule has 0 amide bonds. The fourth-order valence-electron chi connectivity index (χ4n) is 2.50. The van der Waals surface area contributed by atoms with Gasteiger partial charge < -0.3 is 9.47 Å². The van der Waals surface area contributed by atoms with Gasteiger partial charge in [-0.2, -0.15) is 0 Å². The molecular weight excluding hydrogens is 323 g/mol. The maximum atomic E-state index is 13.8. The van der Waals surface area contributed by atoms with Gasteiger partial charge >= 0.3 is 5.97 Å². The van der Waals surface area contributed by atoms with Crippen molar-refractivity contribution in [1.82, 2.24) is 0 Å². The van der Waals surface area contributed by atoms with Crippen LogP contribution < -0.4 is 9.47 Å². The fourth-order valence-corrected chi connectivity index (χ4v) is 2.50. The molecule has 1 heterocycles. The first kappa shape index (κ1) is 16.9. The van der Waals surface area contributed by atoms with Crippen LogP contribution in [0.5, 0.6) is 11.5 Å². The number of Topliss-reactive ketones (excluding diaryl/α,β-unsaturated/α-hetero) is 1. The first-order valence-corrected chi connectivity index (χ1v) is 7.92. The van der Waals surface area contributed by atoms with Crippen molar-refractivity contribution in [2.45, 2.75) is 20.8 Å². The Balaban J connectivity index is 1.95. The van der Waals surface area contributed by atoms with Gasteiger partial charge in [0.2, 0.25) is 5.78 Å². The largest absolute Gasteiger partial charge is 0.452 e. The molecule has 5 heteroatoms. The van der Waals surface area contributed by atoms with E-state index in [1.165, 1.54) is 18.2 Å². The molecule has 0 radical (unpaired) electrons. The second kappa shape index (κ2) is 6.51. The first-order chi connectivity index (χ1) is 11.9. The fraction of sp³-hybridized carbons (Fsp3) is 0.200. The summed E-state index contributed by atoms with van der Waals surface area (Å²) in [6.45, 7) is 5.20. The van der Waals surface area contributed by atoms with Crippen molar-refractivity contribution in [3.63, 3.8) is 0 Å². The molecule has 0 atom stereocenters. The van der Waals surface area contributed by atoms with E-state index < -0.39 is 5.82 Å². The number of esters is 1. The molecule has 0 saturated heterocycles. The Morgan fingerprint density at radius 3 is 2.64 bits per heavy atom. The van der Waals surface area contributed by atoms with Crippen LogP contribution in [-0.2, 0) is 4.79 Å². The molecule has 1 aliphatic rings. The molecule has 0 N–H and O–H groups in total. The average molecular weight is 340 g/mol. The van der Waals surface area contributed by atoms with Crippen molar-refractivity contribution in [2.75, 3.05) is 0 Å². The number of ether oxygens (including phenoxy) is 2. The summed E-state index contributed by atoms with van der Waals surface area (Å²) in [4.78, 5) is 24.3. The SMILES string of the molecule is Cc1cc(OC(=O)C(C)C)cc2c1C(=O)/C(=C/c1ccccc1F)O2. The lowest BCUT2D eigenvalue weighted by atomic mass is 10.0. The van der Waals surface area contributed by atoms with E-state index in [0.29, 0.717) is 22.6 Å². The van der Waals surface area contributed by atoms with E-state index >= 15 is 0 Å². The van der Waals surface area contributed by atoms with E-state index in [1.807, 2.05) is 0 Å². The Morgan fingerprint density at radius 2 is 1.96 bits per heavy atom. The molecule has 128 valence electrons. The van der Waals surface area contributed by atoms with Gasteiger partial charge in [0.25, 0.3) is 0 Å². The quantitative estimate of drug-likeness (QED) is 0.475. The van der Waals surface area contributed by atoms with Crippen LogP contribution in [-0.4, -0.2) is 11.8 Å². The second-order valence-electron chi connectivity index (χ2n) is 6.15. The smallest absolute Gasteiger partial charge is 0.313 e. The minimum absolute atomic E-state index is 0.0375. The van der Waals surface area contributed by atoms with E-state index in [1.54, 1.807) is 45.0 Å². The van der Waals surface area contributed by atoms with Crippen molar-refractivity contribution in [1.29, 1.82) is 0 Å². The number of fused-ring (bicyclic) bond motifs is 1. The highest BCUT2D eigenvalue weighted by Gasteiger charge is 2.30. The molecule has 25 heavy (non-hydrogen) atoms. The zero-order chi connectivity index (χ0) is 18.1. The van der Waals surface area contributed by atoms with E-state index in [0.717, 1.165) is 0 Å². The van der Waals surface area contributed by atoms with Crippen LogP contribution in [0.4, 0.5) is 4.39 Å². The highest BCUT2D eigenvalue weighted by molar-refractivity contribution is 6.15. The molecule has 0 spiro atoms. The van der Waals surface area contributed by atoms with Crippen LogP contribution in [0, 0.1) is 18.7 Å². The topological polar surface area (TPSA) is 52.6 Å². The number of benzene rings is 2. The zero-order valence-electron chi connectivity index (χ0n) is 14.1. The van der Waals surface area contributed by atoms with Gasteiger partial charge in [0, 0.05) is 11.6 Å². The number of carbonyl (C=O) groups excluding carboxylic acids is 2. The van der Waals surface area contributed by atoms with Crippen molar-refractivity contribution >= 4 is 17.8 Å². The standard InChI is InChI=1S/C20H17FO4/c1-11(2)20(23)24-14-8-12(3)18-16(10-14)25-17(19(18)22)9-13-6-4-5-7-15(13)21/h4-11H,1-3H3/b17-9-. The predicted molar refractivity (Wildman–Crippen MR) is 91.0 cm³/mol. The summed E-state index contributed by atoms with van der Waals surface area (Å²) >= 11 is 0. The Hall–Kier alpha value is -2.95. The minimum atomic E-state index is -0.439. The summed E-state index contributed by atoms with van der Waals surface area (Å²) in [7, 11) is 0. The number of ketones is 1. The number of hydrogen-bond donors (Lipinski definition) is 0. The third kappa shape index (κ3) is 3.31. The molecule has 0 fully saturated rings. The summed E-state index contributed by atoms with van der Waals surface area (Å²) < 4.78 is 24.7. The Kier molecular flexibility index (Phi) is 4.40. The molecule has 0 aromatic heterocycles. The van der Waals surface area contributed by atoms with E-state index in [2.05, 4.69) is 0 Å². The second-order valence-corrected chi connectivity index (χ2v) is 6.15. The molecule has 0 aliphatic carbocycles. The molecule has 2 aromatic carbocycles. The van der Waals surface area contributed by atoms with E-state index in [-0.39, 0.29) is 29.0 Å². The zero-order valence-corrected chi connectivity index (χ0v) is 14.1. The number of carbonyl (C=O) groups is 2. The van der Waals surface area contributed by atoms with Gasteiger partial charge in [-0.1, -0.05) is 32.0 Å². The van der Waals surface area contributed by atoms with Crippen LogP contribution in [0.15, 0.2) is 42.2 Å². The third-order valence-electron chi connectivity index (χ3n) is 3.83. The number of rotatable bonds is 3. The molecule has 1 aliphatic heterocycles. The van der Waals surface area contributed by atoms with E-state index in [9.17, 15) is 14.0 Å². The van der Waals surface area contributed by atoms with Gasteiger partial charge in [-0.3, -0.25) is 9.59 Å². The number of halogens is 1. The first-order valence-electron chi connectivity index (χ1n) is 7.92. The van der Waals surface area contributed by atoms with Crippen molar-refractivity contribution in [3.8, 4) is 11.5 Å². The Bertz CT molecular complexity index is 897. The minimum Gasteiger partial charge on any atom is -0.452 e. The summed E-state index contributed by atoms with van der Waals surface area (Å²) in [5.74, 6) is -0.744. The maximum absolute atomic E-state index is 13.8. The molecule has 2 aromatic rings. The number of allylic oxidation sites excluding steroid dienone is 1. The van der Waals surface area contributed by atoms with Crippen LogP contribution in [0.1, 0.15) is 35.3 Å². The molecular formula is C20H17FO4. The number of hydrogen-bond acceptors (Lipinski definition) is 4. The molecule has 0 saturated carbocycles. The Morgan fingerprint density at radius 1 is 1.24 bits per heavy atom. The van der Waals surface area contributed by atoms with Gasteiger partial charge in [0.15, 0.2) is 5.76 Å². The summed E-state index contributed by atoms with van der Waals surface area (Å²) in [5, 5.41) is 0. The lowest BCUT2D eigenvalue weighted by molar-refractivity contribution is -0.137. The summed E-state index contributed by atoms with van der Waals surface area (Å²) in [5.41, 5.74) is 1.29. The van der Waals surface area contributed by atoms with Crippen molar-refractivity contribution < 1.29 is 23.5 Å². The van der Waals surface area contributed by atoms with Crippen LogP contribution >= 0.6 is 0 Å². The van der Waals surface area contributed by atoms with Crippen molar-refractivity contribution in [2.24, 2.45) is 5.92 Å². The van der Waals surface area contributed by atoms with Gasteiger partial charge in [0.1, 0.15) is 17.3 Å². The lowest BCUT2D eigenvalue weighted by Gasteiger charge is -2.09. The van der Waals surface area contributed by atoms with Gasteiger partial charge in [-0.15, -0.1) is 0 Å². The van der Waals surface area contributed by atoms with Gasteiger partial charge in [-0.05, 0) is 30.7 Å². The maximum Gasteiger partial charge on any atom is 0.313 e. The summed E-state index contributed by atoms with van der Waals surface area (Å²) in [6.07, 6.45) is 1.37. The Labute approximate surface area is 144 Å². The highest BCUT2D eigenvalue weighted by Crippen LogP contribution is 2.37. The van der Waals surface area contributed by atoms with Crippen LogP contribution in [0.2, 0.25) is 0 Å². The highest BCUT2D eigenvalue weighted by atomic mass is 19.1. The monoisotopic (exact) mass is 340 g/mol. The van der Waals surface area contributed by atoms with Gasteiger partial charge in [-0.25, -0.2) is 4.39 Å². The molecule has 0 bridgehead atoms.